The van der Waals surface area contributed by atoms with Gasteiger partial charge < -0.3 is 0 Å². The van der Waals surface area contributed by atoms with Gasteiger partial charge in [0.1, 0.15) is 0 Å². The van der Waals surface area contributed by atoms with Gasteiger partial charge in [0, 0.05) is 6.20 Å². The Morgan fingerprint density at radius 1 is 1.20 bits per heavy atom. The lowest BCUT2D eigenvalue weighted by Gasteiger charge is -2.18. The molecule has 0 spiro atoms. The average Bonchev–Trinajstić information content (AvgIpc) is 2.68. The van der Waals surface area contributed by atoms with Gasteiger partial charge in [0.15, 0.2) is 0 Å². The van der Waals surface area contributed by atoms with Crippen LogP contribution in [0.2, 0.25) is 5.02 Å². The number of aryl methyl sites for hydroxylation is 1. The highest BCUT2D eigenvalue weighted by Gasteiger charge is 2.37. The summed E-state index contributed by atoms with van der Waals surface area (Å²) in [6.07, 6.45) is 1.66. The smallest absolute Gasteiger partial charge is 0.297 e. The van der Waals surface area contributed by atoms with Gasteiger partial charge in [-0.1, -0.05) is 23.7 Å². The van der Waals surface area contributed by atoms with Crippen molar-refractivity contribution in [3.05, 3.63) is 58.4 Å². The van der Waals surface area contributed by atoms with E-state index in [0.29, 0.717) is 16.3 Å². The van der Waals surface area contributed by atoms with Gasteiger partial charge in [0.25, 0.3) is 11.7 Å². The van der Waals surface area contributed by atoms with Crippen LogP contribution >= 0.6 is 11.6 Å². The monoisotopic (exact) mass is 286 g/mol. The van der Waals surface area contributed by atoms with E-state index in [1.165, 1.54) is 4.90 Å². The molecule has 1 aliphatic heterocycles. The zero-order valence-corrected chi connectivity index (χ0v) is 11.5. The van der Waals surface area contributed by atoms with Crippen LogP contribution in [-0.2, 0) is 11.3 Å². The maximum Gasteiger partial charge on any atom is 0.299 e. The van der Waals surface area contributed by atoms with E-state index in [1.54, 1.807) is 24.4 Å². The van der Waals surface area contributed by atoms with E-state index < -0.39 is 11.7 Å². The number of carbonyl (C=O) groups excluding carboxylic acids is 2. The summed E-state index contributed by atoms with van der Waals surface area (Å²) in [5.41, 5.74) is 2.56. The molecule has 0 unspecified atom stereocenters. The molecule has 1 aromatic heterocycles. The van der Waals surface area contributed by atoms with Crippen LogP contribution in [0.1, 0.15) is 21.6 Å². The largest absolute Gasteiger partial charge is 0.299 e. The lowest BCUT2D eigenvalue weighted by molar-refractivity contribution is -0.114. The molecule has 0 bridgehead atoms. The number of hydrogen-bond acceptors (Lipinski definition) is 3. The average molecular weight is 287 g/mol. The Balaban J connectivity index is 2.06. The summed E-state index contributed by atoms with van der Waals surface area (Å²) < 4.78 is 0. The predicted octanol–water partition coefficient (Wildman–Crippen LogP) is 2.77. The highest BCUT2D eigenvalue weighted by Crippen LogP contribution is 2.36. The second-order valence-corrected chi connectivity index (χ2v) is 5.03. The Labute approximate surface area is 121 Å². The number of rotatable bonds is 2. The maximum absolute atomic E-state index is 12.1. The van der Waals surface area contributed by atoms with Crippen LogP contribution in [0.25, 0.3) is 0 Å². The summed E-state index contributed by atoms with van der Waals surface area (Å²) in [5, 5.41) is 0.398. The molecule has 100 valence electrons. The van der Waals surface area contributed by atoms with Crippen LogP contribution in [0.3, 0.4) is 0 Å². The molecule has 0 radical (unpaired) electrons. The maximum atomic E-state index is 12.1. The second kappa shape index (κ2) is 4.72. The van der Waals surface area contributed by atoms with Gasteiger partial charge in [-0.3, -0.25) is 19.5 Å². The Hall–Kier alpha value is -2.20. The number of benzene rings is 1. The molecule has 0 aliphatic carbocycles. The number of ketones is 1. The third kappa shape index (κ3) is 1.89. The lowest BCUT2D eigenvalue weighted by atomic mass is 10.1. The molecule has 3 rings (SSSR count). The van der Waals surface area contributed by atoms with E-state index in [4.69, 9.17) is 11.6 Å². The van der Waals surface area contributed by atoms with Crippen LogP contribution in [-0.4, -0.2) is 16.7 Å². The molecule has 1 amide bonds. The Morgan fingerprint density at radius 3 is 2.75 bits per heavy atom. The summed E-state index contributed by atoms with van der Waals surface area (Å²) in [6.45, 7) is 2.16. The minimum Gasteiger partial charge on any atom is -0.297 e. The summed E-state index contributed by atoms with van der Waals surface area (Å²) in [5.74, 6) is -1.07. The van der Waals surface area contributed by atoms with Gasteiger partial charge in [0.2, 0.25) is 0 Å². The van der Waals surface area contributed by atoms with Crippen LogP contribution in [0.5, 0.6) is 0 Å². The van der Waals surface area contributed by atoms with Gasteiger partial charge in [-0.2, -0.15) is 0 Å². The number of aromatic nitrogens is 1. The number of para-hydroxylation sites is 1. The standard InChI is InChI=1S/C15H11ClN2O2/c1-9-4-3-7-17-12(9)8-18-13-10(14(19)15(18)20)5-2-6-11(13)16/h2-7H,8H2,1H3. The molecule has 0 N–H and O–H groups in total. The molecule has 1 aliphatic rings. The first-order valence-electron chi connectivity index (χ1n) is 6.15. The third-order valence-electron chi connectivity index (χ3n) is 3.37. The summed E-state index contributed by atoms with van der Waals surface area (Å²) in [7, 11) is 0. The molecule has 5 heteroatoms. The predicted molar refractivity (Wildman–Crippen MR) is 75.9 cm³/mol. The Bertz CT molecular complexity index is 728. The van der Waals surface area contributed by atoms with Gasteiger partial charge in [-0.05, 0) is 30.7 Å². The quantitative estimate of drug-likeness (QED) is 0.798. The highest BCUT2D eigenvalue weighted by molar-refractivity contribution is 6.54. The summed E-state index contributed by atoms with van der Waals surface area (Å²) >= 11 is 6.13. The minimum absolute atomic E-state index is 0.244. The molecule has 0 saturated carbocycles. The van der Waals surface area contributed by atoms with Crippen LogP contribution in [0.4, 0.5) is 5.69 Å². The van der Waals surface area contributed by atoms with Crippen LogP contribution in [0.15, 0.2) is 36.5 Å². The number of halogens is 1. The molecule has 1 aromatic carbocycles. The van der Waals surface area contributed by atoms with E-state index >= 15 is 0 Å². The molecule has 4 nitrogen and oxygen atoms in total. The van der Waals surface area contributed by atoms with Crippen molar-refractivity contribution in [1.29, 1.82) is 0 Å². The fraction of sp³-hybridized carbons (Fsp3) is 0.133. The summed E-state index contributed by atoms with van der Waals surface area (Å²) in [4.78, 5) is 29.7. The first-order valence-corrected chi connectivity index (χ1v) is 6.52. The van der Waals surface area contributed by atoms with Crippen molar-refractivity contribution in [3.8, 4) is 0 Å². The molecule has 20 heavy (non-hydrogen) atoms. The molecule has 0 atom stereocenters. The third-order valence-corrected chi connectivity index (χ3v) is 3.67. The van der Waals surface area contributed by atoms with Crippen molar-refractivity contribution in [1.82, 2.24) is 4.98 Å². The van der Waals surface area contributed by atoms with Crippen molar-refractivity contribution in [2.24, 2.45) is 0 Å². The first-order chi connectivity index (χ1) is 9.59. The molecule has 2 heterocycles. The lowest BCUT2D eigenvalue weighted by Crippen LogP contribution is -2.30. The van der Waals surface area contributed by atoms with Crippen LogP contribution in [0, 0.1) is 6.92 Å². The van der Waals surface area contributed by atoms with Crippen molar-refractivity contribution < 1.29 is 9.59 Å². The zero-order chi connectivity index (χ0) is 14.3. The topological polar surface area (TPSA) is 50.3 Å². The molecular formula is C15H11ClN2O2. The van der Waals surface area contributed by atoms with E-state index in [2.05, 4.69) is 4.98 Å². The SMILES string of the molecule is Cc1cccnc1CN1C(=O)C(=O)c2cccc(Cl)c21. The van der Waals surface area contributed by atoms with Gasteiger partial charge in [-0.25, -0.2) is 0 Å². The fourth-order valence-corrected chi connectivity index (χ4v) is 2.57. The van der Waals surface area contributed by atoms with E-state index in [-0.39, 0.29) is 6.54 Å². The van der Waals surface area contributed by atoms with Crippen molar-refractivity contribution in [2.45, 2.75) is 13.5 Å². The molecular weight excluding hydrogens is 276 g/mol. The van der Waals surface area contributed by atoms with Gasteiger partial charge in [0.05, 0.1) is 28.5 Å². The van der Waals surface area contributed by atoms with Gasteiger partial charge in [-0.15, -0.1) is 0 Å². The summed E-state index contributed by atoms with van der Waals surface area (Å²) in [6, 6.07) is 8.70. The molecule has 0 saturated heterocycles. The van der Waals surface area contributed by atoms with Crippen molar-refractivity contribution in [3.63, 3.8) is 0 Å². The second-order valence-electron chi connectivity index (χ2n) is 4.62. The zero-order valence-electron chi connectivity index (χ0n) is 10.8. The van der Waals surface area contributed by atoms with Gasteiger partial charge >= 0.3 is 0 Å². The number of anilines is 1. The van der Waals surface area contributed by atoms with Crippen LogP contribution < -0.4 is 4.90 Å². The Morgan fingerprint density at radius 2 is 2.00 bits per heavy atom. The number of fused-ring (bicyclic) bond motifs is 1. The van der Waals surface area contributed by atoms with E-state index in [1.807, 2.05) is 19.1 Å². The normalized spacial score (nSPS) is 13.8. The number of nitrogens with zero attached hydrogens (tertiary/aromatic N) is 2. The highest BCUT2D eigenvalue weighted by atomic mass is 35.5. The Kier molecular flexibility index (Phi) is 3.03. The molecule has 2 aromatic rings. The number of Topliss-reactive ketones (excluding diaryl/α,β-unsaturated/α-hetero) is 1. The number of carbonyl (C=O) groups is 2. The number of hydrogen-bond donors (Lipinski definition) is 0. The fourth-order valence-electron chi connectivity index (χ4n) is 2.30. The van der Waals surface area contributed by atoms with Crippen molar-refractivity contribution in [2.75, 3.05) is 4.90 Å². The van der Waals surface area contributed by atoms with E-state index in [0.717, 1.165) is 11.3 Å². The minimum atomic E-state index is -0.557. The first kappa shape index (κ1) is 12.8. The number of pyridine rings is 1. The van der Waals surface area contributed by atoms with E-state index in [9.17, 15) is 9.59 Å². The molecule has 0 fully saturated rings. The number of amides is 1. The van der Waals surface area contributed by atoms with Crippen molar-refractivity contribution >= 4 is 29.0 Å².